The fourth-order valence-electron chi connectivity index (χ4n) is 2.17. The van der Waals surface area contributed by atoms with Crippen LogP contribution in [0.5, 0.6) is 0 Å². The second kappa shape index (κ2) is 5.73. The highest BCUT2D eigenvalue weighted by atomic mass is 16.2. The van der Waals surface area contributed by atoms with Gasteiger partial charge in [-0.25, -0.2) is 0 Å². The van der Waals surface area contributed by atoms with E-state index in [2.05, 4.69) is 5.32 Å². The van der Waals surface area contributed by atoms with Crippen LogP contribution in [0.1, 0.15) is 18.4 Å². The lowest BCUT2D eigenvalue weighted by molar-refractivity contribution is -0.131. The van der Waals surface area contributed by atoms with E-state index in [0.717, 1.165) is 5.56 Å². The summed E-state index contributed by atoms with van der Waals surface area (Å²) in [6.45, 7) is 0.710. The molecule has 2 amide bonds. The van der Waals surface area contributed by atoms with Gasteiger partial charge in [-0.15, -0.1) is 0 Å². The molecule has 1 fully saturated rings. The number of anilines is 1. The molecule has 1 saturated heterocycles. The first kappa shape index (κ1) is 13.4. The predicted octanol–water partition coefficient (Wildman–Crippen LogP) is 0.548. The van der Waals surface area contributed by atoms with E-state index in [0.29, 0.717) is 31.5 Å². The van der Waals surface area contributed by atoms with Gasteiger partial charge in [0.2, 0.25) is 11.8 Å². The number of hydrogen-bond acceptors (Lipinski definition) is 3. The molecule has 1 aliphatic heterocycles. The summed E-state index contributed by atoms with van der Waals surface area (Å²) in [5.41, 5.74) is 7.38. The lowest BCUT2D eigenvalue weighted by Gasteiger charge is -2.12. The Morgan fingerprint density at radius 3 is 2.68 bits per heavy atom. The second-order valence-electron chi connectivity index (χ2n) is 4.91. The molecule has 0 saturated carbocycles. The molecule has 1 aliphatic rings. The Labute approximate surface area is 112 Å². The van der Waals surface area contributed by atoms with Crippen LogP contribution >= 0.6 is 0 Å². The Hall–Kier alpha value is -2.04. The van der Waals surface area contributed by atoms with Crippen LogP contribution in [0, 0.1) is 0 Å². The third-order valence-electron chi connectivity index (χ3n) is 3.38. The minimum Gasteiger partial charge on any atom is -0.399 e. The molecule has 1 aromatic carbocycles. The molecule has 102 valence electrons. The summed E-state index contributed by atoms with van der Waals surface area (Å²) < 4.78 is 0. The van der Waals surface area contributed by atoms with E-state index in [1.165, 1.54) is 0 Å². The third-order valence-corrected chi connectivity index (χ3v) is 3.38. The van der Waals surface area contributed by atoms with Crippen molar-refractivity contribution < 1.29 is 9.59 Å². The zero-order chi connectivity index (χ0) is 13.8. The number of carbonyl (C=O) groups is 2. The molecule has 0 aliphatic carbocycles. The van der Waals surface area contributed by atoms with Gasteiger partial charge < -0.3 is 16.0 Å². The normalized spacial score (nSPS) is 18.7. The Morgan fingerprint density at radius 2 is 2.11 bits per heavy atom. The topological polar surface area (TPSA) is 75.4 Å². The van der Waals surface area contributed by atoms with Crippen LogP contribution in [0.25, 0.3) is 0 Å². The molecule has 0 aromatic heterocycles. The zero-order valence-electron chi connectivity index (χ0n) is 11.1. The molecule has 2 rings (SSSR count). The van der Waals surface area contributed by atoms with E-state index < -0.39 is 0 Å². The van der Waals surface area contributed by atoms with Gasteiger partial charge in [-0.05, 0) is 30.5 Å². The summed E-state index contributed by atoms with van der Waals surface area (Å²) in [6, 6.07) is 7.13. The van der Waals surface area contributed by atoms with Crippen LogP contribution in [-0.2, 0) is 16.0 Å². The van der Waals surface area contributed by atoms with Crippen molar-refractivity contribution in [3.8, 4) is 0 Å². The van der Waals surface area contributed by atoms with Gasteiger partial charge in [0.05, 0.1) is 0 Å². The highest BCUT2D eigenvalue weighted by Crippen LogP contribution is 2.10. The number of amides is 2. The smallest absolute Gasteiger partial charge is 0.244 e. The van der Waals surface area contributed by atoms with Gasteiger partial charge in [0.25, 0.3) is 0 Å². The van der Waals surface area contributed by atoms with E-state index in [1.54, 1.807) is 11.9 Å². The summed E-state index contributed by atoms with van der Waals surface area (Å²) in [5, 5.41) is 2.79. The quantitative estimate of drug-likeness (QED) is 0.777. The average molecular weight is 261 g/mol. The summed E-state index contributed by atoms with van der Waals surface area (Å²) in [6.07, 6.45) is 1.74. The predicted molar refractivity (Wildman–Crippen MR) is 73.4 cm³/mol. The van der Waals surface area contributed by atoms with Crippen molar-refractivity contribution in [2.75, 3.05) is 19.3 Å². The van der Waals surface area contributed by atoms with Gasteiger partial charge in [-0.1, -0.05) is 12.1 Å². The van der Waals surface area contributed by atoms with Crippen LogP contribution in [-0.4, -0.2) is 36.3 Å². The number of carbonyl (C=O) groups excluding carboxylic acids is 2. The second-order valence-corrected chi connectivity index (χ2v) is 4.91. The highest BCUT2D eigenvalue weighted by Gasteiger charge is 2.29. The number of benzene rings is 1. The molecular formula is C14H19N3O2. The first-order chi connectivity index (χ1) is 9.06. The number of aryl methyl sites for hydroxylation is 1. The number of nitrogens with zero attached hydrogens (tertiary/aromatic N) is 1. The van der Waals surface area contributed by atoms with Crippen LogP contribution in [0.2, 0.25) is 0 Å². The Kier molecular flexibility index (Phi) is 4.04. The van der Waals surface area contributed by atoms with Gasteiger partial charge in [0.1, 0.15) is 6.04 Å². The molecule has 1 aromatic rings. The van der Waals surface area contributed by atoms with E-state index in [4.69, 9.17) is 5.73 Å². The molecule has 0 bridgehead atoms. The van der Waals surface area contributed by atoms with Gasteiger partial charge >= 0.3 is 0 Å². The first-order valence-electron chi connectivity index (χ1n) is 6.45. The number of likely N-dealkylation sites (tertiary alicyclic amines) is 1. The number of rotatable bonds is 4. The van der Waals surface area contributed by atoms with E-state index in [-0.39, 0.29) is 17.9 Å². The molecule has 19 heavy (non-hydrogen) atoms. The zero-order valence-corrected chi connectivity index (χ0v) is 11.1. The molecule has 1 heterocycles. The monoisotopic (exact) mass is 261 g/mol. The van der Waals surface area contributed by atoms with E-state index in [9.17, 15) is 9.59 Å². The van der Waals surface area contributed by atoms with Crippen LogP contribution in [0.4, 0.5) is 5.69 Å². The van der Waals surface area contributed by atoms with Crippen molar-refractivity contribution in [2.45, 2.75) is 25.3 Å². The number of nitrogens with one attached hydrogen (secondary N) is 1. The number of nitrogen functional groups attached to an aromatic ring is 1. The molecule has 5 nitrogen and oxygen atoms in total. The fraction of sp³-hybridized carbons (Fsp3) is 0.429. The standard InChI is InChI=1S/C14H19N3O2/c1-17-9-8-12(14(17)19)16-13(18)7-4-10-2-5-11(15)6-3-10/h2-3,5-6,12H,4,7-9,15H2,1H3,(H,16,18). The van der Waals surface area contributed by atoms with Crippen LogP contribution in [0.3, 0.4) is 0 Å². The molecule has 5 heteroatoms. The molecule has 0 radical (unpaired) electrons. The fourth-order valence-corrected chi connectivity index (χ4v) is 2.17. The van der Waals surface area contributed by atoms with E-state index in [1.807, 2.05) is 24.3 Å². The average Bonchev–Trinajstić information content (AvgIpc) is 2.70. The summed E-state index contributed by atoms with van der Waals surface area (Å²) in [5.74, 6) is -0.0775. The summed E-state index contributed by atoms with van der Waals surface area (Å²) in [4.78, 5) is 25.1. The van der Waals surface area contributed by atoms with Crippen molar-refractivity contribution in [2.24, 2.45) is 0 Å². The number of likely N-dealkylation sites (N-methyl/N-ethyl adjacent to an activating group) is 1. The van der Waals surface area contributed by atoms with Gasteiger partial charge in [-0.3, -0.25) is 9.59 Å². The minimum absolute atomic E-state index is 0.000773. The van der Waals surface area contributed by atoms with E-state index >= 15 is 0 Å². The van der Waals surface area contributed by atoms with Crippen molar-refractivity contribution in [1.29, 1.82) is 0 Å². The third kappa shape index (κ3) is 3.47. The molecule has 0 spiro atoms. The molecule has 1 unspecified atom stereocenters. The lowest BCUT2D eigenvalue weighted by atomic mass is 10.1. The van der Waals surface area contributed by atoms with Crippen LogP contribution < -0.4 is 11.1 Å². The maximum Gasteiger partial charge on any atom is 0.244 e. The molecule has 1 atom stereocenters. The molecule has 3 N–H and O–H groups in total. The van der Waals surface area contributed by atoms with Gasteiger partial charge in [-0.2, -0.15) is 0 Å². The van der Waals surface area contributed by atoms with Crippen molar-refractivity contribution in [1.82, 2.24) is 10.2 Å². The minimum atomic E-state index is -0.344. The maximum atomic E-state index is 11.8. The Bertz CT molecular complexity index is 470. The van der Waals surface area contributed by atoms with Gasteiger partial charge in [0, 0.05) is 25.7 Å². The highest BCUT2D eigenvalue weighted by molar-refractivity contribution is 5.89. The number of nitrogens with two attached hydrogens (primary N) is 1. The SMILES string of the molecule is CN1CCC(NC(=O)CCc2ccc(N)cc2)C1=O. The molecular weight excluding hydrogens is 242 g/mol. The summed E-state index contributed by atoms with van der Waals surface area (Å²) >= 11 is 0. The number of hydrogen-bond donors (Lipinski definition) is 2. The van der Waals surface area contributed by atoms with Crippen molar-refractivity contribution in [3.05, 3.63) is 29.8 Å². The summed E-state index contributed by atoms with van der Waals surface area (Å²) in [7, 11) is 1.75. The Morgan fingerprint density at radius 1 is 1.42 bits per heavy atom. The largest absolute Gasteiger partial charge is 0.399 e. The Balaban J connectivity index is 1.79. The van der Waals surface area contributed by atoms with Gasteiger partial charge in [0.15, 0.2) is 0 Å². The first-order valence-corrected chi connectivity index (χ1v) is 6.45. The van der Waals surface area contributed by atoms with Crippen molar-refractivity contribution >= 4 is 17.5 Å². The van der Waals surface area contributed by atoms with Crippen molar-refractivity contribution in [3.63, 3.8) is 0 Å². The maximum absolute atomic E-state index is 11.8. The lowest BCUT2D eigenvalue weighted by Crippen LogP contribution is -2.40. The van der Waals surface area contributed by atoms with Crippen LogP contribution in [0.15, 0.2) is 24.3 Å².